The fourth-order valence-electron chi connectivity index (χ4n) is 6.88. The highest BCUT2D eigenvalue weighted by molar-refractivity contribution is 5.91. The molecule has 0 unspecified atom stereocenters. The van der Waals surface area contributed by atoms with Crippen LogP contribution in [0.15, 0.2) is 11.6 Å². The Kier molecular flexibility index (Phi) is 3.89. The van der Waals surface area contributed by atoms with Crippen molar-refractivity contribution in [3.8, 4) is 12.3 Å². The van der Waals surface area contributed by atoms with Gasteiger partial charge in [0.2, 0.25) is 6.43 Å². The molecule has 0 heterocycles. The molecule has 136 valence electrons. The van der Waals surface area contributed by atoms with Crippen molar-refractivity contribution in [1.82, 2.24) is 0 Å². The number of alkyl halides is 2. The van der Waals surface area contributed by atoms with E-state index in [0.29, 0.717) is 19.3 Å². The molecule has 0 aromatic rings. The zero-order chi connectivity index (χ0) is 18.0. The number of fused-ring (bicyclic) bond motifs is 5. The number of carbonyl (C=O) groups is 1. The third kappa shape index (κ3) is 2.28. The first-order valence-corrected chi connectivity index (χ1v) is 9.52. The maximum Gasteiger partial charge on any atom is 0.241 e. The number of terminal acetylenes is 1. The average molecular weight is 348 g/mol. The van der Waals surface area contributed by atoms with Gasteiger partial charge in [-0.2, -0.15) is 0 Å². The molecule has 3 fully saturated rings. The molecule has 0 aliphatic heterocycles. The third-order valence-corrected chi connectivity index (χ3v) is 8.06. The van der Waals surface area contributed by atoms with E-state index < -0.39 is 23.4 Å². The molecule has 2 nitrogen and oxygen atoms in total. The molecular formula is C21H26F2O2. The lowest BCUT2D eigenvalue weighted by atomic mass is 9.47. The number of allylic oxidation sites excluding steroid dienone is 1. The van der Waals surface area contributed by atoms with Gasteiger partial charge in [-0.3, -0.25) is 4.79 Å². The van der Waals surface area contributed by atoms with Crippen molar-refractivity contribution in [2.75, 3.05) is 0 Å². The Bertz CT molecular complexity index is 663. The quantitative estimate of drug-likeness (QED) is 0.728. The summed E-state index contributed by atoms with van der Waals surface area (Å²) in [4.78, 5) is 11.8. The third-order valence-electron chi connectivity index (χ3n) is 8.06. The van der Waals surface area contributed by atoms with Crippen molar-refractivity contribution in [3.63, 3.8) is 0 Å². The number of hydrogen-bond acceptors (Lipinski definition) is 2. The van der Waals surface area contributed by atoms with E-state index >= 15 is 0 Å². The Morgan fingerprint density at radius 1 is 1.32 bits per heavy atom. The lowest BCUT2D eigenvalue weighted by Crippen LogP contribution is -2.56. The highest BCUT2D eigenvalue weighted by atomic mass is 19.3. The number of aliphatic hydroxyl groups is 1. The smallest absolute Gasteiger partial charge is 0.241 e. The summed E-state index contributed by atoms with van der Waals surface area (Å²) in [6.45, 7) is 1.94. The number of halogens is 2. The fraction of sp³-hybridized carbons (Fsp3) is 0.762. The Balaban J connectivity index is 1.76. The van der Waals surface area contributed by atoms with Crippen molar-refractivity contribution in [2.24, 2.45) is 35.0 Å². The van der Waals surface area contributed by atoms with Gasteiger partial charge in [-0.15, -0.1) is 6.42 Å². The maximum absolute atomic E-state index is 14.1. The Labute approximate surface area is 148 Å². The Morgan fingerprint density at radius 3 is 2.76 bits per heavy atom. The van der Waals surface area contributed by atoms with Crippen LogP contribution in [-0.2, 0) is 4.79 Å². The van der Waals surface area contributed by atoms with E-state index in [1.165, 1.54) is 0 Å². The van der Waals surface area contributed by atoms with Crippen LogP contribution in [0.4, 0.5) is 8.78 Å². The molecule has 4 rings (SSSR count). The second kappa shape index (κ2) is 5.64. The molecular weight excluding hydrogens is 322 g/mol. The predicted octanol–water partition coefficient (Wildman–Crippen LogP) is 3.98. The van der Waals surface area contributed by atoms with Crippen LogP contribution in [0.1, 0.15) is 51.9 Å². The van der Waals surface area contributed by atoms with Crippen LogP contribution in [-0.4, -0.2) is 22.9 Å². The number of carbonyl (C=O) groups excluding carboxylic acids is 1. The van der Waals surface area contributed by atoms with Gasteiger partial charge in [0.15, 0.2) is 5.78 Å². The lowest BCUT2D eigenvalue weighted by Gasteiger charge is -2.57. The van der Waals surface area contributed by atoms with Crippen LogP contribution in [0.25, 0.3) is 0 Å². The molecule has 1 N–H and O–H groups in total. The van der Waals surface area contributed by atoms with Crippen LogP contribution < -0.4 is 0 Å². The number of rotatable bonds is 1. The average Bonchev–Trinajstić information content (AvgIpc) is 2.85. The highest BCUT2D eigenvalue weighted by Gasteiger charge is 2.65. The monoisotopic (exact) mass is 348 g/mol. The molecule has 4 aliphatic rings. The number of ketones is 1. The first-order valence-electron chi connectivity index (χ1n) is 9.52. The predicted molar refractivity (Wildman–Crippen MR) is 90.8 cm³/mol. The SMILES string of the molecule is C#C[C@]1(O)CC[C@H]2[C@@H]3CCC4=CC(=O)CC[C@@H]4[C@H]3[C@@H](C(F)F)C[C@@]21C. The first-order chi connectivity index (χ1) is 11.8. The number of hydrogen-bond donors (Lipinski definition) is 1. The first kappa shape index (κ1) is 17.2. The Morgan fingerprint density at radius 2 is 2.08 bits per heavy atom. The van der Waals surface area contributed by atoms with E-state index in [2.05, 4.69) is 5.92 Å². The fourth-order valence-corrected chi connectivity index (χ4v) is 6.88. The van der Waals surface area contributed by atoms with Gasteiger partial charge in [-0.25, -0.2) is 8.78 Å². The van der Waals surface area contributed by atoms with Crippen molar-refractivity contribution in [3.05, 3.63) is 11.6 Å². The van der Waals surface area contributed by atoms with Gasteiger partial charge in [-0.1, -0.05) is 18.4 Å². The van der Waals surface area contributed by atoms with Gasteiger partial charge in [0.1, 0.15) is 5.60 Å². The molecule has 0 aromatic heterocycles. The van der Waals surface area contributed by atoms with Crippen molar-refractivity contribution < 1.29 is 18.7 Å². The largest absolute Gasteiger partial charge is 0.377 e. The highest BCUT2D eigenvalue weighted by Crippen LogP contribution is 2.66. The summed E-state index contributed by atoms with van der Waals surface area (Å²) < 4.78 is 28.2. The summed E-state index contributed by atoms with van der Waals surface area (Å²) in [6.07, 6.45) is 9.42. The molecule has 3 saturated carbocycles. The minimum Gasteiger partial charge on any atom is -0.377 e. The summed E-state index contributed by atoms with van der Waals surface area (Å²) in [6, 6.07) is 0. The summed E-state index contributed by atoms with van der Waals surface area (Å²) in [5.74, 6) is 2.36. The van der Waals surface area contributed by atoms with E-state index in [4.69, 9.17) is 6.42 Å². The lowest BCUT2D eigenvalue weighted by molar-refractivity contribution is -0.143. The topological polar surface area (TPSA) is 37.3 Å². The second-order valence-electron chi connectivity index (χ2n) is 8.88. The van der Waals surface area contributed by atoms with Gasteiger partial charge in [-0.05, 0) is 68.3 Å². The van der Waals surface area contributed by atoms with Crippen molar-refractivity contribution >= 4 is 5.78 Å². The van der Waals surface area contributed by atoms with Gasteiger partial charge >= 0.3 is 0 Å². The van der Waals surface area contributed by atoms with Gasteiger partial charge in [0.05, 0.1) is 0 Å². The van der Waals surface area contributed by atoms with Crippen molar-refractivity contribution in [2.45, 2.75) is 63.9 Å². The molecule has 0 amide bonds. The zero-order valence-corrected chi connectivity index (χ0v) is 14.7. The summed E-state index contributed by atoms with van der Waals surface area (Å²) in [5, 5.41) is 11.0. The molecule has 25 heavy (non-hydrogen) atoms. The van der Waals surface area contributed by atoms with Crippen LogP contribution >= 0.6 is 0 Å². The summed E-state index contributed by atoms with van der Waals surface area (Å²) in [7, 11) is 0. The summed E-state index contributed by atoms with van der Waals surface area (Å²) in [5.41, 5.74) is -0.804. The molecule has 0 radical (unpaired) electrons. The van der Waals surface area contributed by atoms with Gasteiger partial charge in [0.25, 0.3) is 0 Å². The van der Waals surface area contributed by atoms with Gasteiger partial charge in [0, 0.05) is 17.8 Å². The van der Waals surface area contributed by atoms with Gasteiger partial charge < -0.3 is 5.11 Å². The van der Waals surface area contributed by atoms with Crippen LogP contribution in [0.3, 0.4) is 0 Å². The van der Waals surface area contributed by atoms with Crippen LogP contribution in [0.2, 0.25) is 0 Å². The Hall–Kier alpha value is -1.21. The van der Waals surface area contributed by atoms with E-state index in [-0.39, 0.29) is 35.9 Å². The molecule has 7 atom stereocenters. The minimum atomic E-state index is -2.41. The van der Waals surface area contributed by atoms with Crippen LogP contribution in [0, 0.1) is 47.3 Å². The normalized spacial score (nSPS) is 49.0. The molecule has 0 aromatic carbocycles. The van der Waals surface area contributed by atoms with E-state index in [1.54, 1.807) is 6.08 Å². The molecule has 4 heteroatoms. The minimum absolute atomic E-state index is 0.0775. The van der Waals surface area contributed by atoms with E-state index in [9.17, 15) is 18.7 Å². The zero-order valence-electron chi connectivity index (χ0n) is 14.7. The maximum atomic E-state index is 14.1. The van der Waals surface area contributed by atoms with E-state index in [1.807, 2.05) is 6.92 Å². The summed E-state index contributed by atoms with van der Waals surface area (Å²) >= 11 is 0. The molecule has 0 spiro atoms. The molecule has 0 bridgehead atoms. The standard InChI is InChI=1S/C21H26F2O2/c1-3-21(25)9-8-17-15-6-4-12-10-13(24)5-7-14(12)18(15)16(19(22)23)11-20(17,21)2/h1,10,14-19,25H,4-9,11H2,2H3/t14-,15-,16-,17-,18+,20-,21-/m0/s1. The molecule has 4 aliphatic carbocycles. The second-order valence-corrected chi connectivity index (χ2v) is 8.88. The van der Waals surface area contributed by atoms with Crippen LogP contribution in [0.5, 0.6) is 0 Å². The van der Waals surface area contributed by atoms with E-state index in [0.717, 1.165) is 24.8 Å². The van der Waals surface area contributed by atoms with Crippen molar-refractivity contribution in [1.29, 1.82) is 0 Å². The molecule has 0 saturated heterocycles.